The van der Waals surface area contributed by atoms with Crippen LogP contribution in [0.2, 0.25) is 0 Å². The summed E-state index contributed by atoms with van der Waals surface area (Å²) >= 11 is 0. The minimum absolute atomic E-state index is 0.0752. The molecule has 1 atom stereocenters. The van der Waals surface area contributed by atoms with E-state index in [4.69, 9.17) is 9.15 Å². The average Bonchev–Trinajstić information content (AvgIpc) is 3.32. The Morgan fingerprint density at radius 3 is 2.38 bits per heavy atom. The van der Waals surface area contributed by atoms with Crippen LogP contribution in [0.5, 0.6) is 0 Å². The Kier molecular flexibility index (Phi) is 7.33. The molecule has 1 fully saturated rings. The number of nitrogens with zero attached hydrogens (tertiary/aromatic N) is 3. The Bertz CT molecular complexity index is 1080. The van der Waals surface area contributed by atoms with E-state index in [9.17, 15) is 18.0 Å². The van der Waals surface area contributed by atoms with E-state index in [1.807, 2.05) is 42.2 Å². The summed E-state index contributed by atoms with van der Waals surface area (Å²) in [5.41, 5.74) is 1.33. The summed E-state index contributed by atoms with van der Waals surface area (Å²) in [5, 5.41) is 0. The zero-order chi connectivity index (χ0) is 24.1. The topological polar surface area (TPSA) is 58.8 Å². The fraction of sp³-hybridized carbons (Fsp3) is 0.360. The highest BCUT2D eigenvalue weighted by Gasteiger charge is 2.30. The maximum Gasteiger partial charge on any atom is 0.416 e. The van der Waals surface area contributed by atoms with Gasteiger partial charge in [-0.2, -0.15) is 13.2 Å². The van der Waals surface area contributed by atoms with Gasteiger partial charge in [0.1, 0.15) is 6.26 Å². The zero-order valence-corrected chi connectivity index (χ0v) is 18.8. The molecule has 6 nitrogen and oxygen atoms in total. The van der Waals surface area contributed by atoms with Gasteiger partial charge in [0.15, 0.2) is 5.69 Å². The number of hydrogen-bond acceptors (Lipinski definition) is 5. The van der Waals surface area contributed by atoms with Crippen LogP contribution in [0.3, 0.4) is 0 Å². The van der Waals surface area contributed by atoms with Gasteiger partial charge in [0.05, 0.1) is 25.3 Å². The number of hydrogen-bond donors (Lipinski definition) is 0. The second kappa shape index (κ2) is 10.4. The average molecular weight is 473 g/mol. The lowest BCUT2D eigenvalue weighted by Crippen LogP contribution is -2.40. The quantitative estimate of drug-likeness (QED) is 0.487. The molecule has 0 saturated carbocycles. The Hall–Kier alpha value is -3.17. The maximum absolute atomic E-state index is 13.0. The van der Waals surface area contributed by atoms with Gasteiger partial charge < -0.3 is 14.1 Å². The van der Waals surface area contributed by atoms with Crippen LogP contribution in [0.15, 0.2) is 65.3 Å². The van der Waals surface area contributed by atoms with Gasteiger partial charge in [-0.3, -0.25) is 9.69 Å². The zero-order valence-electron chi connectivity index (χ0n) is 18.8. The smallest absolute Gasteiger partial charge is 0.416 e. The molecule has 1 unspecified atom stereocenters. The van der Waals surface area contributed by atoms with Crippen LogP contribution >= 0.6 is 0 Å². The molecule has 9 heteroatoms. The maximum atomic E-state index is 13.0. The lowest BCUT2D eigenvalue weighted by molar-refractivity contribution is -0.137. The number of morpholine rings is 1. The van der Waals surface area contributed by atoms with E-state index in [0.29, 0.717) is 38.7 Å². The molecular weight excluding hydrogens is 447 g/mol. The third-order valence-corrected chi connectivity index (χ3v) is 5.90. The molecule has 0 radical (unpaired) electrons. The largest absolute Gasteiger partial charge is 0.447 e. The van der Waals surface area contributed by atoms with Crippen LogP contribution < -0.4 is 0 Å². The van der Waals surface area contributed by atoms with Gasteiger partial charge >= 0.3 is 6.18 Å². The van der Waals surface area contributed by atoms with Crippen molar-refractivity contribution < 1.29 is 27.1 Å². The van der Waals surface area contributed by atoms with Gasteiger partial charge in [-0.05, 0) is 30.2 Å². The summed E-state index contributed by atoms with van der Waals surface area (Å²) in [6.07, 6.45) is -3.02. The third-order valence-electron chi connectivity index (χ3n) is 5.90. The summed E-state index contributed by atoms with van der Waals surface area (Å²) in [5.74, 6) is 0.162. The molecule has 3 aromatic rings. The Balaban J connectivity index is 1.53. The molecule has 2 aromatic carbocycles. The number of rotatable bonds is 7. The number of oxazole rings is 1. The molecule has 1 aliphatic rings. The molecule has 0 bridgehead atoms. The van der Waals surface area contributed by atoms with Crippen LogP contribution in [0.25, 0.3) is 0 Å². The van der Waals surface area contributed by atoms with E-state index in [1.165, 1.54) is 18.4 Å². The summed E-state index contributed by atoms with van der Waals surface area (Å²) in [4.78, 5) is 20.8. The number of amides is 1. The fourth-order valence-corrected chi connectivity index (χ4v) is 3.89. The van der Waals surface area contributed by atoms with Crippen LogP contribution in [0.1, 0.15) is 46.0 Å². The van der Waals surface area contributed by atoms with Crippen molar-refractivity contribution >= 4 is 5.91 Å². The lowest BCUT2D eigenvalue weighted by Gasteiger charge is -2.28. The predicted octanol–water partition coefficient (Wildman–Crippen LogP) is 4.93. The van der Waals surface area contributed by atoms with E-state index in [1.54, 1.807) is 4.90 Å². The highest BCUT2D eigenvalue weighted by Crippen LogP contribution is 2.30. The van der Waals surface area contributed by atoms with Crippen molar-refractivity contribution in [2.75, 3.05) is 26.3 Å². The molecule has 1 amide bonds. The van der Waals surface area contributed by atoms with E-state index < -0.39 is 11.7 Å². The molecule has 2 heterocycles. The molecule has 1 aromatic heterocycles. The van der Waals surface area contributed by atoms with Crippen LogP contribution in [0.4, 0.5) is 13.2 Å². The molecule has 1 aliphatic heterocycles. The van der Waals surface area contributed by atoms with Gasteiger partial charge in [0.25, 0.3) is 5.91 Å². The second-order valence-electron chi connectivity index (χ2n) is 8.22. The van der Waals surface area contributed by atoms with Gasteiger partial charge in [-0.15, -0.1) is 0 Å². The predicted molar refractivity (Wildman–Crippen MR) is 119 cm³/mol. The van der Waals surface area contributed by atoms with Crippen molar-refractivity contribution in [2.24, 2.45) is 0 Å². The molecule has 180 valence electrons. The summed E-state index contributed by atoms with van der Waals surface area (Å²) < 4.78 is 49.8. The molecule has 0 spiro atoms. The molecule has 1 saturated heterocycles. The summed E-state index contributed by atoms with van der Waals surface area (Å²) in [6.45, 7) is 4.68. The SMILES string of the molecule is CC(c1ccccc1)N(Cc1ccc(C(F)(F)F)cc1)Cc1nc(C(=O)N2CCOCC2)co1. The van der Waals surface area contributed by atoms with Crippen molar-refractivity contribution in [3.63, 3.8) is 0 Å². The van der Waals surface area contributed by atoms with E-state index in [0.717, 1.165) is 23.3 Å². The van der Waals surface area contributed by atoms with E-state index >= 15 is 0 Å². The van der Waals surface area contributed by atoms with Gasteiger partial charge in [-0.1, -0.05) is 42.5 Å². The van der Waals surface area contributed by atoms with E-state index in [2.05, 4.69) is 4.98 Å². The van der Waals surface area contributed by atoms with Crippen LogP contribution in [0, 0.1) is 0 Å². The molecule has 4 rings (SSSR count). The lowest BCUT2D eigenvalue weighted by atomic mass is 10.1. The van der Waals surface area contributed by atoms with E-state index in [-0.39, 0.29) is 24.2 Å². The van der Waals surface area contributed by atoms with Crippen molar-refractivity contribution in [3.05, 3.63) is 89.1 Å². The Labute approximate surface area is 195 Å². The first-order chi connectivity index (χ1) is 16.3. The second-order valence-corrected chi connectivity index (χ2v) is 8.22. The first kappa shape index (κ1) is 24.0. The van der Waals surface area contributed by atoms with Crippen LogP contribution in [-0.4, -0.2) is 47.0 Å². The first-order valence-electron chi connectivity index (χ1n) is 11.1. The molecule has 34 heavy (non-hydrogen) atoms. The van der Waals surface area contributed by atoms with Crippen LogP contribution in [-0.2, 0) is 24.0 Å². The van der Waals surface area contributed by atoms with Crippen molar-refractivity contribution in [1.29, 1.82) is 0 Å². The van der Waals surface area contributed by atoms with Crippen molar-refractivity contribution in [3.8, 4) is 0 Å². The van der Waals surface area contributed by atoms with Crippen molar-refractivity contribution in [2.45, 2.75) is 32.2 Å². The van der Waals surface area contributed by atoms with Gasteiger partial charge in [0, 0.05) is 25.7 Å². The minimum Gasteiger partial charge on any atom is -0.447 e. The molecular formula is C25H26F3N3O3. The number of carbonyl (C=O) groups is 1. The standard InChI is InChI=1S/C25H26F3N3O3/c1-18(20-5-3-2-4-6-20)31(15-19-7-9-21(10-8-19)25(26,27)28)16-23-29-22(17-34-23)24(32)30-11-13-33-14-12-30/h2-10,17-18H,11-16H2,1H3. The first-order valence-corrected chi connectivity index (χ1v) is 11.1. The van der Waals surface area contributed by atoms with Gasteiger partial charge in [-0.25, -0.2) is 4.98 Å². The summed E-state index contributed by atoms with van der Waals surface area (Å²) in [6, 6.07) is 14.9. The summed E-state index contributed by atoms with van der Waals surface area (Å²) in [7, 11) is 0. The molecule has 0 aliphatic carbocycles. The fourth-order valence-electron chi connectivity index (χ4n) is 3.89. The highest BCUT2D eigenvalue weighted by molar-refractivity contribution is 5.92. The monoisotopic (exact) mass is 473 g/mol. The third kappa shape index (κ3) is 5.84. The number of halogens is 3. The van der Waals surface area contributed by atoms with Crippen molar-refractivity contribution in [1.82, 2.24) is 14.8 Å². The molecule has 0 N–H and O–H groups in total. The minimum atomic E-state index is -4.38. The Morgan fingerprint density at radius 2 is 1.74 bits per heavy atom. The highest BCUT2D eigenvalue weighted by atomic mass is 19.4. The number of benzene rings is 2. The van der Waals surface area contributed by atoms with Gasteiger partial charge in [0.2, 0.25) is 5.89 Å². The number of ether oxygens (including phenoxy) is 1. The number of alkyl halides is 3. The Morgan fingerprint density at radius 1 is 1.06 bits per heavy atom. The number of carbonyl (C=O) groups excluding carboxylic acids is 1. The normalized spacial score (nSPS) is 15.5. The number of aromatic nitrogens is 1.